The van der Waals surface area contributed by atoms with E-state index < -0.39 is 11.5 Å². The number of rotatable bonds is 3. The molecule has 98 valence electrons. The first kappa shape index (κ1) is 13.6. The monoisotopic (exact) mass is 297 g/mol. The van der Waals surface area contributed by atoms with Crippen LogP contribution in [0.25, 0.3) is 0 Å². The van der Waals surface area contributed by atoms with Crippen LogP contribution in [0.2, 0.25) is 10.2 Å². The Morgan fingerprint density at radius 3 is 2.79 bits per heavy atom. The van der Waals surface area contributed by atoms with E-state index in [-0.39, 0.29) is 16.7 Å². The molecule has 1 heterocycles. The maximum atomic E-state index is 11.8. The third-order valence-corrected chi connectivity index (χ3v) is 3.23. The smallest absolute Gasteiger partial charge is 0.273 e. The Morgan fingerprint density at radius 1 is 1.37 bits per heavy atom. The third-order valence-electron chi connectivity index (χ3n) is 2.50. The van der Waals surface area contributed by atoms with Crippen molar-refractivity contribution in [1.82, 2.24) is 9.55 Å². The Hall–Kier alpha value is -1.85. The summed E-state index contributed by atoms with van der Waals surface area (Å²) in [5, 5.41) is -0.163. The molecule has 19 heavy (non-hydrogen) atoms. The van der Waals surface area contributed by atoms with Gasteiger partial charge in [-0.3, -0.25) is 14.2 Å². The van der Waals surface area contributed by atoms with E-state index in [0.29, 0.717) is 5.56 Å². The summed E-state index contributed by atoms with van der Waals surface area (Å²) >= 11 is 11.4. The van der Waals surface area contributed by atoms with Crippen LogP contribution in [0.15, 0.2) is 35.4 Å². The highest BCUT2D eigenvalue weighted by atomic mass is 35.5. The molecule has 0 unspecified atom stereocenters. The first-order valence-electron chi connectivity index (χ1n) is 5.28. The lowest BCUT2D eigenvalue weighted by Gasteiger charge is -2.07. The first-order chi connectivity index (χ1) is 8.99. The van der Waals surface area contributed by atoms with Gasteiger partial charge in [-0.05, 0) is 17.7 Å². The Bertz CT molecular complexity index is 698. The van der Waals surface area contributed by atoms with Crippen molar-refractivity contribution in [3.05, 3.63) is 62.2 Å². The summed E-state index contributed by atoms with van der Waals surface area (Å²) in [5.41, 5.74) is 5.86. The molecule has 2 N–H and O–H groups in total. The van der Waals surface area contributed by atoms with Crippen molar-refractivity contribution in [2.75, 3.05) is 0 Å². The van der Waals surface area contributed by atoms with Gasteiger partial charge in [-0.25, -0.2) is 4.98 Å². The standard InChI is InChI=1S/C12H9Cl2N3O2/c13-9-10(14)16-6-17(12(9)19)5-7-2-1-3-8(4-7)11(15)18/h1-4,6H,5H2,(H2,15,18). The van der Waals surface area contributed by atoms with Gasteiger partial charge in [0.25, 0.3) is 5.56 Å². The maximum absolute atomic E-state index is 11.8. The number of aromatic nitrogens is 2. The van der Waals surface area contributed by atoms with Crippen LogP contribution < -0.4 is 11.3 Å². The number of nitrogens with two attached hydrogens (primary N) is 1. The summed E-state index contributed by atoms with van der Waals surface area (Å²) in [7, 11) is 0. The van der Waals surface area contributed by atoms with Crippen LogP contribution in [0.3, 0.4) is 0 Å². The van der Waals surface area contributed by atoms with E-state index in [4.69, 9.17) is 28.9 Å². The zero-order valence-corrected chi connectivity index (χ0v) is 11.1. The van der Waals surface area contributed by atoms with E-state index in [0.717, 1.165) is 5.56 Å². The molecule has 0 radical (unpaired) electrons. The van der Waals surface area contributed by atoms with Gasteiger partial charge in [-0.15, -0.1) is 0 Å². The highest BCUT2D eigenvalue weighted by molar-refractivity contribution is 6.40. The summed E-state index contributed by atoms with van der Waals surface area (Å²) in [4.78, 5) is 26.7. The molecule has 0 bridgehead atoms. The number of primary amides is 1. The molecule has 0 saturated heterocycles. The molecule has 0 fully saturated rings. The van der Waals surface area contributed by atoms with Gasteiger partial charge in [0.2, 0.25) is 5.91 Å². The second-order valence-corrected chi connectivity index (χ2v) is 4.58. The second kappa shape index (κ2) is 5.42. The average molecular weight is 298 g/mol. The van der Waals surface area contributed by atoms with Crippen LogP contribution in [-0.2, 0) is 6.54 Å². The van der Waals surface area contributed by atoms with E-state index in [9.17, 15) is 9.59 Å². The molecule has 1 amide bonds. The van der Waals surface area contributed by atoms with Crippen molar-refractivity contribution in [2.24, 2.45) is 5.73 Å². The van der Waals surface area contributed by atoms with Crippen LogP contribution in [0.5, 0.6) is 0 Å². The van der Waals surface area contributed by atoms with E-state index in [1.807, 2.05) is 0 Å². The number of hydrogen-bond acceptors (Lipinski definition) is 3. The number of carbonyl (C=O) groups excluding carboxylic acids is 1. The SMILES string of the molecule is NC(=O)c1cccc(Cn2cnc(Cl)c(Cl)c2=O)c1. The van der Waals surface area contributed by atoms with E-state index in [2.05, 4.69) is 4.98 Å². The van der Waals surface area contributed by atoms with Crippen LogP contribution in [0, 0.1) is 0 Å². The van der Waals surface area contributed by atoms with Crippen molar-refractivity contribution >= 4 is 29.1 Å². The Morgan fingerprint density at radius 2 is 2.11 bits per heavy atom. The molecule has 0 aliphatic rings. The predicted octanol–water partition coefficient (Wildman–Crippen LogP) is 1.70. The molecule has 2 aromatic rings. The summed E-state index contributed by atoms with van der Waals surface area (Å²) in [6.45, 7) is 0.226. The molecule has 0 saturated carbocycles. The molecule has 1 aromatic carbocycles. The number of amides is 1. The molecule has 0 aliphatic heterocycles. The lowest BCUT2D eigenvalue weighted by Crippen LogP contribution is -2.22. The highest BCUT2D eigenvalue weighted by Gasteiger charge is 2.08. The van der Waals surface area contributed by atoms with Gasteiger partial charge in [0.1, 0.15) is 5.02 Å². The molecule has 7 heteroatoms. The van der Waals surface area contributed by atoms with Crippen LogP contribution >= 0.6 is 23.2 Å². The number of hydrogen-bond donors (Lipinski definition) is 1. The van der Waals surface area contributed by atoms with Crippen molar-refractivity contribution < 1.29 is 4.79 Å². The fourth-order valence-electron chi connectivity index (χ4n) is 1.58. The summed E-state index contributed by atoms with van der Waals surface area (Å²) in [6.07, 6.45) is 1.30. The summed E-state index contributed by atoms with van der Waals surface area (Å²) in [6, 6.07) is 6.66. The fraction of sp³-hybridized carbons (Fsp3) is 0.0833. The minimum absolute atomic E-state index is 0.0335. The van der Waals surface area contributed by atoms with Crippen LogP contribution in [-0.4, -0.2) is 15.5 Å². The lowest BCUT2D eigenvalue weighted by atomic mass is 10.1. The first-order valence-corrected chi connectivity index (χ1v) is 6.04. The molecule has 2 rings (SSSR count). The topological polar surface area (TPSA) is 78.0 Å². The highest BCUT2D eigenvalue weighted by Crippen LogP contribution is 2.13. The Labute approximate surface area is 118 Å². The van der Waals surface area contributed by atoms with Gasteiger partial charge >= 0.3 is 0 Å². The maximum Gasteiger partial charge on any atom is 0.273 e. The molecule has 0 atom stereocenters. The van der Waals surface area contributed by atoms with Gasteiger partial charge in [0, 0.05) is 5.56 Å². The molecule has 5 nitrogen and oxygen atoms in total. The molecule has 0 aliphatic carbocycles. The van der Waals surface area contributed by atoms with Gasteiger partial charge in [-0.2, -0.15) is 0 Å². The second-order valence-electron chi connectivity index (χ2n) is 3.85. The van der Waals surface area contributed by atoms with Crippen LogP contribution in [0.1, 0.15) is 15.9 Å². The Kier molecular flexibility index (Phi) is 3.87. The third kappa shape index (κ3) is 2.94. The van der Waals surface area contributed by atoms with Crippen molar-refractivity contribution in [2.45, 2.75) is 6.54 Å². The molecule has 0 spiro atoms. The van der Waals surface area contributed by atoms with Gasteiger partial charge in [0.05, 0.1) is 12.9 Å². The molecular weight excluding hydrogens is 289 g/mol. The van der Waals surface area contributed by atoms with E-state index in [1.165, 1.54) is 10.9 Å². The Balaban J connectivity index is 2.37. The zero-order chi connectivity index (χ0) is 14.0. The van der Waals surface area contributed by atoms with Crippen molar-refractivity contribution in [3.63, 3.8) is 0 Å². The molecule has 1 aromatic heterocycles. The van der Waals surface area contributed by atoms with Crippen molar-refractivity contribution in [3.8, 4) is 0 Å². The van der Waals surface area contributed by atoms with Gasteiger partial charge < -0.3 is 5.73 Å². The largest absolute Gasteiger partial charge is 0.366 e. The normalized spacial score (nSPS) is 10.4. The summed E-state index contributed by atoms with van der Waals surface area (Å²) < 4.78 is 1.30. The summed E-state index contributed by atoms with van der Waals surface area (Å²) in [5.74, 6) is -0.526. The fourth-order valence-corrected chi connectivity index (χ4v) is 1.86. The van der Waals surface area contributed by atoms with Gasteiger partial charge in [0.15, 0.2) is 5.15 Å². The minimum Gasteiger partial charge on any atom is -0.366 e. The molecular formula is C12H9Cl2N3O2. The van der Waals surface area contributed by atoms with Crippen LogP contribution in [0.4, 0.5) is 0 Å². The van der Waals surface area contributed by atoms with E-state index in [1.54, 1.807) is 24.3 Å². The number of halogens is 2. The minimum atomic E-state index is -0.526. The predicted molar refractivity (Wildman–Crippen MR) is 72.6 cm³/mol. The quantitative estimate of drug-likeness (QED) is 0.876. The number of nitrogens with zero attached hydrogens (tertiary/aromatic N) is 2. The van der Waals surface area contributed by atoms with Gasteiger partial charge in [-0.1, -0.05) is 35.3 Å². The average Bonchev–Trinajstić information content (AvgIpc) is 2.40. The van der Waals surface area contributed by atoms with Crippen molar-refractivity contribution in [1.29, 1.82) is 0 Å². The lowest BCUT2D eigenvalue weighted by molar-refractivity contribution is 0.1000. The zero-order valence-electron chi connectivity index (χ0n) is 9.64. The van der Waals surface area contributed by atoms with E-state index >= 15 is 0 Å². The number of benzene rings is 1. The number of carbonyl (C=O) groups is 1.